The molecule has 1 amide bonds. The van der Waals surface area contributed by atoms with Crippen molar-refractivity contribution in [2.24, 2.45) is 0 Å². The summed E-state index contributed by atoms with van der Waals surface area (Å²) in [6, 6.07) is 10.0. The predicted octanol–water partition coefficient (Wildman–Crippen LogP) is 4.23. The average molecular weight is 538 g/mol. The zero-order chi connectivity index (χ0) is 27.9. The number of hydrogen-bond donors (Lipinski definition) is 1. The fraction of sp³-hybridized carbons (Fsp3) is 0.448. The van der Waals surface area contributed by atoms with Crippen molar-refractivity contribution in [3.8, 4) is 5.75 Å². The van der Waals surface area contributed by atoms with Gasteiger partial charge >= 0.3 is 0 Å². The first kappa shape index (κ1) is 28.3. The Morgan fingerprint density at radius 3 is 2.59 bits per heavy atom. The number of unbranched alkanes of at least 4 members (excludes halogenated alkanes) is 1. The Balaban J connectivity index is 1.68. The molecule has 2 aliphatic rings. The van der Waals surface area contributed by atoms with E-state index in [9.17, 15) is 24.8 Å². The molecule has 2 heterocycles. The number of rotatable bonds is 11. The van der Waals surface area contributed by atoms with Gasteiger partial charge in [0.05, 0.1) is 36.4 Å². The number of carbonyl (C=O) groups excluding carboxylic acids is 2. The van der Waals surface area contributed by atoms with Gasteiger partial charge in [0.1, 0.15) is 11.5 Å². The molecule has 0 bridgehead atoms. The lowest BCUT2D eigenvalue weighted by Crippen LogP contribution is -2.39. The lowest BCUT2D eigenvalue weighted by molar-refractivity contribution is -0.384. The second-order valence-electron chi connectivity index (χ2n) is 9.83. The van der Waals surface area contributed by atoms with Crippen LogP contribution in [-0.4, -0.2) is 77.5 Å². The van der Waals surface area contributed by atoms with Crippen molar-refractivity contribution in [2.75, 3.05) is 46.0 Å². The van der Waals surface area contributed by atoms with Crippen LogP contribution in [0.1, 0.15) is 48.9 Å². The number of aliphatic hydroxyl groups excluding tert-OH is 1. The van der Waals surface area contributed by atoms with Crippen LogP contribution in [0, 0.1) is 17.0 Å². The van der Waals surface area contributed by atoms with E-state index >= 15 is 0 Å². The van der Waals surface area contributed by atoms with E-state index in [4.69, 9.17) is 9.47 Å². The van der Waals surface area contributed by atoms with E-state index in [1.165, 1.54) is 23.1 Å². The number of aryl methyl sites for hydroxylation is 1. The van der Waals surface area contributed by atoms with Crippen molar-refractivity contribution in [2.45, 2.75) is 39.2 Å². The van der Waals surface area contributed by atoms with Gasteiger partial charge in [-0.3, -0.25) is 24.6 Å². The van der Waals surface area contributed by atoms with Crippen LogP contribution in [0.25, 0.3) is 5.76 Å². The number of nitro benzene ring substituents is 1. The van der Waals surface area contributed by atoms with E-state index in [-0.39, 0.29) is 23.6 Å². The van der Waals surface area contributed by atoms with Gasteiger partial charge < -0.3 is 19.5 Å². The topological polar surface area (TPSA) is 122 Å². The number of Topliss-reactive ketones (excluding diaryl/α,β-unsaturated/α-hetero) is 1. The lowest BCUT2D eigenvalue weighted by Gasteiger charge is -2.29. The molecule has 1 N–H and O–H groups in total. The Hall–Kier alpha value is -3.76. The van der Waals surface area contributed by atoms with Crippen LogP contribution >= 0.6 is 0 Å². The minimum Gasteiger partial charge on any atom is -0.507 e. The van der Waals surface area contributed by atoms with E-state index in [0.29, 0.717) is 49.7 Å². The third kappa shape index (κ3) is 6.46. The Morgan fingerprint density at radius 2 is 1.90 bits per heavy atom. The molecule has 0 aromatic heterocycles. The summed E-state index contributed by atoms with van der Waals surface area (Å²) in [5, 5.41) is 22.9. The first-order chi connectivity index (χ1) is 18.8. The highest BCUT2D eigenvalue weighted by Crippen LogP contribution is 2.40. The van der Waals surface area contributed by atoms with Gasteiger partial charge in [-0.2, -0.15) is 0 Å². The summed E-state index contributed by atoms with van der Waals surface area (Å²) >= 11 is 0. The smallest absolute Gasteiger partial charge is 0.295 e. The number of likely N-dealkylation sites (tertiary alicyclic amines) is 1. The summed E-state index contributed by atoms with van der Waals surface area (Å²) < 4.78 is 11.2. The summed E-state index contributed by atoms with van der Waals surface area (Å²) in [6.07, 6.45) is 2.52. The maximum absolute atomic E-state index is 13.3. The highest BCUT2D eigenvalue weighted by Gasteiger charge is 2.46. The van der Waals surface area contributed by atoms with Crippen LogP contribution in [0.3, 0.4) is 0 Å². The molecule has 0 aliphatic carbocycles. The predicted molar refractivity (Wildman–Crippen MR) is 146 cm³/mol. The number of ketones is 1. The van der Waals surface area contributed by atoms with E-state index < -0.39 is 22.7 Å². The van der Waals surface area contributed by atoms with Gasteiger partial charge in [0.2, 0.25) is 0 Å². The Bertz CT molecular complexity index is 1250. The van der Waals surface area contributed by atoms with Gasteiger partial charge in [0.25, 0.3) is 17.4 Å². The molecule has 10 nitrogen and oxygen atoms in total. The molecular weight excluding hydrogens is 502 g/mol. The second-order valence-corrected chi connectivity index (χ2v) is 9.83. The standard InChI is InChI=1S/C29H35N3O7/c1-3-4-15-39-24-10-9-22(18-20(24)2)27(33)25-26(21-7-5-8-23(19-21)32(36)37)31(29(35)28(25)34)12-6-11-30-13-16-38-17-14-30/h5,7-10,18-19,26,33H,3-4,6,11-17H2,1-2H3. The summed E-state index contributed by atoms with van der Waals surface area (Å²) in [6.45, 7) is 8.37. The number of nitro groups is 1. The molecule has 39 heavy (non-hydrogen) atoms. The first-order valence-corrected chi connectivity index (χ1v) is 13.4. The van der Waals surface area contributed by atoms with E-state index in [2.05, 4.69) is 11.8 Å². The SMILES string of the molecule is CCCCOc1ccc(C(O)=C2C(=O)C(=O)N(CCCN3CCOCC3)C2c2cccc([N+](=O)[O-])c2)cc1C. The molecule has 1 atom stereocenters. The van der Waals surface area contributed by atoms with E-state index in [1.807, 2.05) is 6.92 Å². The third-order valence-electron chi connectivity index (χ3n) is 7.12. The number of amides is 1. The maximum Gasteiger partial charge on any atom is 0.295 e. The van der Waals surface area contributed by atoms with Crippen LogP contribution in [0.2, 0.25) is 0 Å². The Kier molecular flexibility index (Phi) is 9.32. The van der Waals surface area contributed by atoms with Gasteiger partial charge in [-0.15, -0.1) is 0 Å². The molecule has 10 heteroatoms. The summed E-state index contributed by atoms with van der Waals surface area (Å²) in [5.74, 6) is -1.18. The number of nitrogens with zero attached hydrogens (tertiary/aromatic N) is 3. The number of morpholine rings is 1. The molecule has 2 fully saturated rings. The fourth-order valence-electron chi connectivity index (χ4n) is 5.00. The Labute approximate surface area is 228 Å². The molecule has 4 rings (SSSR count). The highest BCUT2D eigenvalue weighted by molar-refractivity contribution is 6.46. The maximum atomic E-state index is 13.3. The van der Waals surface area contributed by atoms with Gasteiger partial charge in [0, 0.05) is 43.9 Å². The van der Waals surface area contributed by atoms with Gasteiger partial charge in [-0.25, -0.2) is 0 Å². The van der Waals surface area contributed by atoms with Crippen molar-refractivity contribution in [3.05, 3.63) is 74.8 Å². The molecule has 2 aromatic rings. The van der Waals surface area contributed by atoms with E-state index in [0.717, 1.165) is 31.5 Å². The molecule has 208 valence electrons. The minimum absolute atomic E-state index is 0.0779. The molecular formula is C29H35N3O7. The number of aliphatic hydroxyl groups is 1. The van der Waals surface area contributed by atoms with Crippen LogP contribution in [0.15, 0.2) is 48.0 Å². The van der Waals surface area contributed by atoms with Crippen LogP contribution in [-0.2, 0) is 14.3 Å². The molecule has 0 radical (unpaired) electrons. The second kappa shape index (κ2) is 12.9. The highest BCUT2D eigenvalue weighted by atomic mass is 16.6. The zero-order valence-electron chi connectivity index (χ0n) is 22.4. The van der Waals surface area contributed by atoms with Crippen molar-refractivity contribution in [1.29, 1.82) is 0 Å². The summed E-state index contributed by atoms with van der Waals surface area (Å²) in [5.41, 5.74) is 1.31. The lowest BCUT2D eigenvalue weighted by atomic mass is 9.94. The Morgan fingerprint density at radius 1 is 1.13 bits per heavy atom. The number of benzene rings is 2. The minimum atomic E-state index is -0.949. The summed E-state index contributed by atoms with van der Waals surface area (Å²) in [4.78, 5) is 41.2. The number of carbonyl (C=O) groups is 2. The molecule has 2 aromatic carbocycles. The molecule has 2 aliphatic heterocycles. The molecule has 2 saturated heterocycles. The third-order valence-corrected chi connectivity index (χ3v) is 7.12. The van der Waals surface area contributed by atoms with Crippen molar-refractivity contribution >= 4 is 23.1 Å². The van der Waals surface area contributed by atoms with E-state index in [1.54, 1.807) is 24.3 Å². The van der Waals surface area contributed by atoms with Crippen LogP contribution in [0.4, 0.5) is 5.69 Å². The number of ether oxygens (including phenoxy) is 2. The summed E-state index contributed by atoms with van der Waals surface area (Å²) in [7, 11) is 0. The number of hydrogen-bond acceptors (Lipinski definition) is 8. The quantitative estimate of drug-likeness (QED) is 0.113. The number of non-ortho nitro benzene ring substituents is 1. The van der Waals surface area contributed by atoms with Gasteiger partial charge in [-0.1, -0.05) is 25.5 Å². The fourth-order valence-corrected chi connectivity index (χ4v) is 5.00. The van der Waals surface area contributed by atoms with Crippen molar-refractivity contribution in [3.63, 3.8) is 0 Å². The molecule has 1 unspecified atom stereocenters. The van der Waals surface area contributed by atoms with Crippen molar-refractivity contribution in [1.82, 2.24) is 9.80 Å². The van der Waals surface area contributed by atoms with Crippen molar-refractivity contribution < 1.29 is 29.1 Å². The molecule has 0 saturated carbocycles. The van der Waals surface area contributed by atoms with Crippen LogP contribution in [0.5, 0.6) is 5.75 Å². The van der Waals surface area contributed by atoms with Gasteiger partial charge in [0.15, 0.2) is 0 Å². The monoisotopic (exact) mass is 537 g/mol. The first-order valence-electron chi connectivity index (χ1n) is 13.4. The molecule has 0 spiro atoms. The van der Waals surface area contributed by atoms with Gasteiger partial charge in [-0.05, 0) is 49.1 Å². The largest absolute Gasteiger partial charge is 0.507 e. The van der Waals surface area contributed by atoms with Crippen LogP contribution < -0.4 is 4.74 Å². The average Bonchev–Trinajstić information content (AvgIpc) is 3.19. The normalized spacial score (nSPS) is 19.4. The zero-order valence-corrected chi connectivity index (χ0v) is 22.4.